The van der Waals surface area contributed by atoms with Crippen molar-refractivity contribution in [3.8, 4) is 0 Å². The number of benzene rings is 1. The molecule has 0 unspecified atom stereocenters. The zero-order valence-electron chi connectivity index (χ0n) is 12.1. The van der Waals surface area contributed by atoms with Gasteiger partial charge in [-0.3, -0.25) is 4.79 Å². The number of hydrogen-bond donors (Lipinski definition) is 1. The number of anilines is 1. The summed E-state index contributed by atoms with van der Waals surface area (Å²) in [7, 11) is -3.59. The van der Waals surface area contributed by atoms with Crippen LogP contribution in [0.15, 0.2) is 46.1 Å². The molecule has 0 fully saturated rings. The molecule has 22 heavy (non-hydrogen) atoms. The van der Waals surface area contributed by atoms with Crippen LogP contribution in [0.25, 0.3) is 0 Å². The van der Waals surface area contributed by atoms with Crippen molar-refractivity contribution in [3.05, 3.63) is 47.9 Å². The second-order valence-corrected chi connectivity index (χ2v) is 6.93. The number of furan rings is 1. The van der Waals surface area contributed by atoms with Gasteiger partial charge in [-0.25, -0.2) is 13.1 Å². The second kappa shape index (κ2) is 5.58. The molecular formula is C15H16N2O4S. The van der Waals surface area contributed by atoms with E-state index in [4.69, 9.17) is 4.42 Å². The monoisotopic (exact) mass is 320 g/mol. The first-order chi connectivity index (χ1) is 10.5. The van der Waals surface area contributed by atoms with E-state index in [1.54, 1.807) is 23.1 Å². The number of rotatable bonds is 4. The van der Waals surface area contributed by atoms with Crippen LogP contribution in [0.1, 0.15) is 18.1 Å². The zero-order valence-corrected chi connectivity index (χ0v) is 12.9. The fourth-order valence-electron chi connectivity index (χ4n) is 2.53. The number of amides is 1. The summed E-state index contributed by atoms with van der Waals surface area (Å²) in [6, 6.07) is 6.56. The Bertz CT molecular complexity index is 797. The molecule has 6 nitrogen and oxygen atoms in total. The molecule has 1 aromatic heterocycles. The van der Waals surface area contributed by atoms with Crippen molar-refractivity contribution in [1.82, 2.24) is 4.72 Å². The van der Waals surface area contributed by atoms with Gasteiger partial charge in [0.05, 0.1) is 17.4 Å². The van der Waals surface area contributed by atoms with Crippen molar-refractivity contribution in [2.24, 2.45) is 0 Å². The molecule has 1 amide bonds. The van der Waals surface area contributed by atoms with Crippen molar-refractivity contribution in [2.75, 3.05) is 11.4 Å². The summed E-state index contributed by atoms with van der Waals surface area (Å²) in [5, 5.41) is 0. The maximum Gasteiger partial charge on any atom is 0.240 e. The topological polar surface area (TPSA) is 79.6 Å². The summed E-state index contributed by atoms with van der Waals surface area (Å²) in [5.74, 6) is -0.0348. The summed E-state index contributed by atoms with van der Waals surface area (Å²) in [4.78, 5) is 13.4. The van der Waals surface area contributed by atoms with Crippen LogP contribution in [0.5, 0.6) is 0 Å². The molecule has 0 bridgehead atoms. The molecular weight excluding hydrogens is 304 g/mol. The quantitative estimate of drug-likeness (QED) is 0.929. The van der Waals surface area contributed by atoms with Gasteiger partial charge < -0.3 is 9.32 Å². The van der Waals surface area contributed by atoms with Gasteiger partial charge in [0.1, 0.15) is 0 Å². The molecule has 2 heterocycles. The fraction of sp³-hybridized carbons (Fsp3) is 0.267. The first-order valence-electron chi connectivity index (χ1n) is 6.89. The Kier molecular flexibility index (Phi) is 3.76. The normalized spacial score (nSPS) is 14.1. The van der Waals surface area contributed by atoms with E-state index in [-0.39, 0.29) is 17.3 Å². The molecule has 1 aromatic carbocycles. The number of sulfonamides is 1. The Balaban J connectivity index is 1.82. The van der Waals surface area contributed by atoms with Crippen molar-refractivity contribution >= 4 is 21.6 Å². The van der Waals surface area contributed by atoms with Crippen LogP contribution in [0, 0.1) is 0 Å². The number of carbonyl (C=O) groups excluding carboxylic acids is 1. The van der Waals surface area contributed by atoms with Crippen molar-refractivity contribution < 1.29 is 17.6 Å². The average molecular weight is 320 g/mol. The molecule has 7 heteroatoms. The van der Waals surface area contributed by atoms with Crippen LogP contribution in [0.3, 0.4) is 0 Å². The van der Waals surface area contributed by atoms with Crippen LogP contribution in [0.4, 0.5) is 5.69 Å². The van der Waals surface area contributed by atoms with E-state index in [0.717, 1.165) is 16.8 Å². The largest absolute Gasteiger partial charge is 0.472 e. The van der Waals surface area contributed by atoms with E-state index >= 15 is 0 Å². The molecule has 1 aliphatic heterocycles. The molecule has 3 rings (SSSR count). The molecule has 0 saturated heterocycles. The average Bonchev–Trinajstić information content (AvgIpc) is 3.13. The van der Waals surface area contributed by atoms with Gasteiger partial charge in [-0.1, -0.05) is 0 Å². The molecule has 1 N–H and O–H groups in total. The standard InChI is InChI=1S/C15H16N2O4S/c1-11(18)17-6-4-13-8-14(2-3-15(13)17)22(19,20)16-9-12-5-7-21-10-12/h2-3,5,7-8,10,16H,4,6,9H2,1H3. The molecule has 0 saturated carbocycles. The van der Waals surface area contributed by atoms with E-state index in [0.29, 0.717) is 13.0 Å². The molecule has 0 spiro atoms. The third-order valence-corrected chi connectivity index (χ3v) is 5.08. The summed E-state index contributed by atoms with van der Waals surface area (Å²) < 4.78 is 32.1. The van der Waals surface area contributed by atoms with Crippen LogP contribution in [-0.4, -0.2) is 20.9 Å². The minimum atomic E-state index is -3.59. The maximum absolute atomic E-state index is 12.3. The minimum absolute atomic E-state index is 0.0348. The van der Waals surface area contributed by atoms with Gasteiger partial charge in [-0.2, -0.15) is 0 Å². The van der Waals surface area contributed by atoms with Gasteiger partial charge >= 0.3 is 0 Å². The summed E-state index contributed by atoms with van der Waals surface area (Å²) in [6.07, 6.45) is 3.66. The van der Waals surface area contributed by atoms with E-state index < -0.39 is 10.0 Å². The van der Waals surface area contributed by atoms with Crippen LogP contribution in [0.2, 0.25) is 0 Å². The van der Waals surface area contributed by atoms with E-state index in [9.17, 15) is 13.2 Å². The molecule has 0 aliphatic carbocycles. The lowest BCUT2D eigenvalue weighted by Gasteiger charge is -2.15. The van der Waals surface area contributed by atoms with Gasteiger partial charge in [-0.05, 0) is 36.2 Å². The van der Waals surface area contributed by atoms with E-state index in [1.807, 2.05) is 0 Å². The summed E-state index contributed by atoms with van der Waals surface area (Å²) in [6.45, 7) is 2.28. The third-order valence-electron chi connectivity index (χ3n) is 3.68. The van der Waals surface area contributed by atoms with Gasteiger partial charge in [0.25, 0.3) is 0 Å². The first-order valence-corrected chi connectivity index (χ1v) is 8.37. The SMILES string of the molecule is CC(=O)N1CCc2cc(S(=O)(=O)NCc3ccoc3)ccc21. The van der Waals surface area contributed by atoms with Gasteiger partial charge in [-0.15, -0.1) is 0 Å². The highest BCUT2D eigenvalue weighted by molar-refractivity contribution is 7.89. The number of nitrogens with zero attached hydrogens (tertiary/aromatic N) is 1. The summed E-state index contributed by atoms with van der Waals surface area (Å²) in [5.41, 5.74) is 2.43. The second-order valence-electron chi connectivity index (χ2n) is 5.17. The Labute approximate surface area is 128 Å². The van der Waals surface area contributed by atoms with Crippen LogP contribution < -0.4 is 9.62 Å². The van der Waals surface area contributed by atoms with Crippen LogP contribution in [-0.2, 0) is 27.8 Å². The predicted molar refractivity (Wildman–Crippen MR) is 80.9 cm³/mol. The number of nitrogens with one attached hydrogen (secondary N) is 1. The Morgan fingerprint density at radius 3 is 2.86 bits per heavy atom. The van der Waals surface area contributed by atoms with Crippen molar-refractivity contribution in [2.45, 2.75) is 24.8 Å². The highest BCUT2D eigenvalue weighted by Crippen LogP contribution is 2.30. The van der Waals surface area contributed by atoms with Crippen molar-refractivity contribution in [3.63, 3.8) is 0 Å². The number of fused-ring (bicyclic) bond motifs is 1. The lowest BCUT2D eigenvalue weighted by molar-refractivity contribution is -0.116. The summed E-state index contributed by atoms with van der Waals surface area (Å²) >= 11 is 0. The molecule has 116 valence electrons. The van der Waals surface area contributed by atoms with Gasteiger partial charge in [0, 0.05) is 31.3 Å². The highest BCUT2D eigenvalue weighted by atomic mass is 32.2. The zero-order chi connectivity index (χ0) is 15.7. The Morgan fingerprint density at radius 2 is 2.18 bits per heavy atom. The van der Waals surface area contributed by atoms with E-state index in [2.05, 4.69) is 4.72 Å². The third kappa shape index (κ3) is 2.77. The number of hydrogen-bond acceptors (Lipinski definition) is 4. The smallest absolute Gasteiger partial charge is 0.240 e. The fourth-order valence-corrected chi connectivity index (χ4v) is 3.60. The highest BCUT2D eigenvalue weighted by Gasteiger charge is 2.24. The van der Waals surface area contributed by atoms with Crippen LogP contribution >= 0.6 is 0 Å². The molecule has 0 atom stereocenters. The van der Waals surface area contributed by atoms with Gasteiger partial charge in [0.2, 0.25) is 15.9 Å². The molecule has 0 radical (unpaired) electrons. The minimum Gasteiger partial charge on any atom is -0.472 e. The number of carbonyl (C=O) groups is 1. The lowest BCUT2D eigenvalue weighted by Crippen LogP contribution is -2.26. The van der Waals surface area contributed by atoms with Crippen molar-refractivity contribution in [1.29, 1.82) is 0 Å². The van der Waals surface area contributed by atoms with E-state index in [1.165, 1.54) is 25.5 Å². The van der Waals surface area contributed by atoms with Gasteiger partial charge in [0.15, 0.2) is 0 Å². The lowest BCUT2D eigenvalue weighted by atomic mass is 10.2. The maximum atomic E-state index is 12.3. The first kappa shape index (κ1) is 14.8. The molecule has 1 aliphatic rings. The molecule has 2 aromatic rings. The predicted octanol–water partition coefficient (Wildman–Crippen LogP) is 1.67. The Hall–Kier alpha value is -2.12. The Morgan fingerprint density at radius 1 is 1.36 bits per heavy atom.